The summed E-state index contributed by atoms with van der Waals surface area (Å²) in [5.74, 6) is -1.80. The average molecular weight is 480 g/mol. The van der Waals surface area contributed by atoms with Gasteiger partial charge in [0.15, 0.2) is 0 Å². The molecule has 0 radical (unpaired) electrons. The van der Waals surface area contributed by atoms with Crippen molar-refractivity contribution in [1.29, 1.82) is 0 Å². The van der Waals surface area contributed by atoms with Gasteiger partial charge in [0.2, 0.25) is 0 Å². The Kier molecular flexibility index (Phi) is 7.29. The number of halogens is 1. The number of nitrogens with one attached hydrogen (secondary N) is 2. The fourth-order valence-electron chi connectivity index (χ4n) is 2.48. The van der Waals surface area contributed by atoms with Gasteiger partial charge in [-0.3, -0.25) is 9.59 Å². The van der Waals surface area contributed by atoms with Gasteiger partial charge in [0.25, 0.3) is 0 Å². The maximum atomic E-state index is 12.1. The van der Waals surface area contributed by atoms with E-state index in [-0.39, 0.29) is 0 Å². The van der Waals surface area contributed by atoms with Crippen LogP contribution < -0.4 is 15.5 Å². The van der Waals surface area contributed by atoms with E-state index in [1.54, 1.807) is 79.7 Å². The molecule has 3 aromatic rings. The molecule has 0 aliphatic carbocycles. The van der Waals surface area contributed by atoms with Gasteiger partial charge in [0, 0.05) is 10.2 Å². The van der Waals surface area contributed by atoms with Crippen LogP contribution in [0, 0.1) is 0 Å². The summed E-state index contributed by atoms with van der Waals surface area (Å²) in [6, 6.07) is 22.1. The van der Waals surface area contributed by atoms with E-state index >= 15 is 0 Å². The maximum Gasteiger partial charge on any atom is 0.343 e. The molecular weight excluding hydrogens is 462 g/mol. The quantitative estimate of drug-likeness (QED) is 0.189. The van der Waals surface area contributed by atoms with Gasteiger partial charge in [-0.15, -0.1) is 0 Å². The highest BCUT2D eigenvalue weighted by atomic mass is 79.9. The first-order valence-corrected chi connectivity index (χ1v) is 10.0. The number of anilines is 1. The third-order valence-corrected chi connectivity index (χ3v) is 4.65. The number of rotatable bonds is 5. The lowest BCUT2D eigenvalue weighted by atomic mass is 10.1. The predicted octanol–water partition coefficient (Wildman–Crippen LogP) is 4.15. The van der Waals surface area contributed by atoms with E-state index in [9.17, 15) is 14.4 Å². The molecule has 0 heterocycles. The standard InChI is InChI=1S/C23H18BrN3O4/c1-15(26-27-22(29)21(28)25-19-11-9-18(24)10-12-19)16-7-13-20(14-8-16)31-23(30)17-5-3-2-4-6-17/h2-14H,1H3,(H,25,28)(H,27,29)/b26-15+. The van der Waals surface area contributed by atoms with Gasteiger partial charge in [0.1, 0.15) is 5.75 Å². The van der Waals surface area contributed by atoms with Crippen LogP contribution in [0.3, 0.4) is 0 Å². The molecule has 31 heavy (non-hydrogen) atoms. The maximum absolute atomic E-state index is 12.1. The van der Waals surface area contributed by atoms with Crippen molar-refractivity contribution in [3.63, 3.8) is 0 Å². The fourth-order valence-corrected chi connectivity index (χ4v) is 2.74. The van der Waals surface area contributed by atoms with Crippen LogP contribution >= 0.6 is 15.9 Å². The number of amides is 2. The second kappa shape index (κ2) is 10.3. The molecule has 0 saturated heterocycles. The molecule has 8 heteroatoms. The summed E-state index contributed by atoms with van der Waals surface area (Å²) in [5, 5.41) is 6.43. The van der Waals surface area contributed by atoms with Crippen molar-refractivity contribution < 1.29 is 19.1 Å². The Morgan fingerprint density at radius 1 is 0.806 bits per heavy atom. The molecule has 0 spiro atoms. The lowest BCUT2D eigenvalue weighted by molar-refractivity contribution is -0.136. The van der Waals surface area contributed by atoms with E-state index in [0.717, 1.165) is 4.47 Å². The number of ether oxygens (including phenoxy) is 1. The van der Waals surface area contributed by atoms with Crippen molar-refractivity contribution in [2.75, 3.05) is 5.32 Å². The number of hydrazone groups is 1. The smallest absolute Gasteiger partial charge is 0.343 e. The monoisotopic (exact) mass is 479 g/mol. The summed E-state index contributed by atoms with van der Waals surface area (Å²) in [6.07, 6.45) is 0. The van der Waals surface area contributed by atoms with Crippen molar-refractivity contribution in [3.8, 4) is 5.75 Å². The first kappa shape index (κ1) is 21.9. The first-order chi connectivity index (χ1) is 14.9. The van der Waals surface area contributed by atoms with Crippen LogP contribution in [0.2, 0.25) is 0 Å². The highest BCUT2D eigenvalue weighted by molar-refractivity contribution is 9.10. The van der Waals surface area contributed by atoms with Crippen LogP contribution in [0.25, 0.3) is 0 Å². The van der Waals surface area contributed by atoms with Crippen LogP contribution in [0.5, 0.6) is 5.75 Å². The minimum absolute atomic E-state index is 0.378. The normalized spacial score (nSPS) is 10.8. The van der Waals surface area contributed by atoms with E-state index in [2.05, 4.69) is 31.8 Å². The summed E-state index contributed by atoms with van der Waals surface area (Å²) in [7, 11) is 0. The highest BCUT2D eigenvalue weighted by Crippen LogP contribution is 2.15. The first-order valence-electron chi connectivity index (χ1n) is 9.21. The van der Waals surface area contributed by atoms with Crippen molar-refractivity contribution in [2.45, 2.75) is 6.92 Å². The molecule has 0 atom stereocenters. The molecular formula is C23H18BrN3O4. The summed E-state index contributed by atoms with van der Waals surface area (Å²) in [4.78, 5) is 36.0. The van der Waals surface area contributed by atoms with Gasteiger partial charge in [-0.25, -0.2) is 10.2 Å². The van der Waals surface area contributed by atoms with Gasteiger partial charge in [-0.05, 0) is 73.2 Å². The average Bonchev–Trinajstić information content (AvgIpc) is 2.79. The number of hydrogen-bond acceptors (Lipinski definition) is 5. The molecule has 0 aromatic heterocycles. The highest BCUT2D eigenvalue weighted by Gasteiger charge is 2.13. The van der Waals surface area contributed by atoms with Crippen molar-refractivity contribution in [3.05, 3.63) is 94.5 Å². The van der Waals surface area contributed by atoms with Crippen LogP contribution in [0.4, 0.5) is 5.69 Å². The molecule has 0 aliphatic rings. The molecule has 0 bridgehead atoms. The summed E-state index contributed by atoms with van der Waals surface area (Å²) >= 11 is 3.30. The number of esters is 1. The predicted molar refractivity (Wildman–Crippen MR) is 121 cm³/mol. The van der Waals surface area contributed by atoms with Gasteiger partial charge >= 0.3 is 17.8 Å². The lowest BCUT2D eigenvalue weighted by Crippen LogP contribution is -2.32. The lowest BCUT2D eigenvalue weighted by Gasteiger charge is -2.07. The molecule has 0 unspecified atom stereocenters. The van der Waals surface area contributed by atoms with Gasteiger partial charge in [0.05, 0.1) is 11.3 Å². The molecule has 0 aliphatic heterocycles. The third kappa shape index (κ3) is 6.35. The Morgan fingerprint density at radius 2 is 1.45 bits per heavy atom. The van der Waals surface area contributed by atoms with E-state index in [0.29, 0.717) is 28.3 Å². The topological polar surface area (TPSA) is 96.9 Å². The Labute approximate surface area is 187 Å². The van der Waals surface area contributed by atoms with Crippen LogP contribution in [-0.4, -0.2) is 23.5 Å². The Morgan fingerprint density at radius 3 is 2.10 bits per heavy atom. The SMILES string of the molecule is C/C(=N\NC(=O)C(=O)Nc1ccc(Br)cc1)c1ccc(OC(=O)c2ccccc2)cc1. The Balaban J connectivity index is 1.55. The van der Waals surface area contributed by atoms with Gasteiger partial charge < -0.3 is 10.1 Å². The van der Waals surface area contributed by atoms with Crippen molar-refractivity contribution in [2.24, 2.45) is 5.10 Å². The van der Waals surface area contributed by atoms with E-state index in [1.165, 1.54) is 0 Å². The minimum Gasteiger partial charge on any atom is -0.423 e. The third-order valence-electron chi connectivity index (χ3n) is 4.13. The second-order valence-electron chi connectivity index (χ2n) is 6.38. The number of benzene rings is 3. The molecule has 7 nitrogen and oxygen atoms in total. The van der Waals surface area contributed by atoms with Crippen LogP contribution in [0.15, 0.2) is 88.4 Å². The zero-order valence-corrected chi connectivity index (χ0v) is 18.0. The fraction of sp³-hybridized carbons (Fsp3) is 0.0435. The van der Waals surface area contributed by atoms with Crippen LogP contribution in [0.1, 0.15) is 22.8 Å². The summed E-state index contributed by atoms with van der Waals surface area (Å²) in [6.45, 7) is 1.68. The molecule has 0 saturated carbocycles. The molecule has 156 valence electrons. The molecule has 2 amide bonds. The molecule has 2 N–H and O–H groups in total. The Bertz CT molecular complexity index is 1110. The molecule has 3 aromatic carbocycles. The van der Waals surface area contributed by atoms with Crippen LogP contribution in [-0.2, 0) is 9.59 Å². The summed E-state index contributed by atoms with van der Waals surface area (Å²) < 4.78 is 6.18. The minimum atomic E-state index is -0.893. The number of nitrogens with zero attached hydrogens (tertiary/aromatic N) is 1. The van der Waals surface area contributed by atoms with E-state index < -0.39 is 17.8 Å². The summed E-state index contributed by atoms with van der Waals surface area (Å²) in [5.41, 5.74) is 4.33. The number of carbonyl (C=O) groups is 3. The molecule has 3 rings (SSSR count). The van der Waals surface area contributed by atoms with Gasteiger partial charge in [-0.2, -0.15) is 5.10 Å². The zero-order chi connectivity index (χ0) is 22.2. The second-order valence-corrected chi connectivity index (χ2v) is 7.29. The van der Waals surface area contributed by atoms with Crippen molar-refractivity contribution in [1.82, 2.24) is 5.43 Å². The largest absolute Gasteiger partial charge is 0.423 e. The van der Waals surface area contributed by atoms with E-state index in [4.69, 9.17) is 4.74 Å². The zero-order valence-electron chi connectivity index (χ0n) is 16.5. The van der Waals surface area contributed by atoms with Gasteiger partial charge in [-0.1, -0.05) is 34.1 Å². The Hall–Kier alpha value is -3.78. The van der Waals surface area contributed by atoms with E-state index in [1.807, 2.05) is 6.07 Å². The number of hydrogen-bond donors (Lipinski definition) is 2. The number of carbonyl (C=O) groups excluding carboxylic acids is 3. The molecule has 0 fully saturated rings. The van der Waals surface area contributed by atoms with Crippen molar-refractivity contribution >= 4 is 45.1 Å².